The highest BCUT2D eigenvalue weighted by molar-refractivity contribution is 5.91. The maximum absolute atomic E-state index is 13.8. The number of benzene rings is 2. The number of hydrogen-bond acceptors (Lipinski definition) is 4. The normalized spacial score (nSPS) is 18.0. The molecule has 1 fully saturated rings. The fraction of sp³-hybridized carbons (Fsp3) is 0.650. The molecule has 0 N–H and O–H groups in total. The minimum atomic E-state index is -4.73. The average molecular weight is 659 g/mol. The van der Waals surface area contributed by atoms with Crippen LogP contribution >= 0.6 is 0 Å². The number of carbonyl (C=O) groups excluding carboxylic acids is 2. The maximum atomic E-state index is 13.8. The highest BCUT2D eigenvalue weighted by Gasteiger charge is 2.57. The van der Waals surface area contributed by atoms with E-state index in [1.54, 1.807) is 12.1 Å². The summed E-state index contributed by atoms with van der Waals surface area (Å²) >= 11 is 0. The number of hydrogen-bond donors (Lipinski definition) is 0. The first kappa shape index (κ1) is 38.6. The van der Waals surface area contributed by atoms with Gasteiger partial charge in [0.25, 0.3) is 0 Å². The number of alkyl halides is 3. The summed E-state index contributed by atoms with van der Waals surface area (Å²) in [4.78, 5) is 25.3. The van der Waals surface area contributed by atoms with E-state index in [0.29, 0.717) is 12.2 Å². The third-order valence-corrected chi connectivity index (χ3v) is 10.1. The Labute approximate surface area is 281 Å². The molecule has 0 bridgehead atoms. The minimum Gasteiger partial charge on any atom is -0.426 e. The van der Waals surface area contributed by atoms with Crippen LogP contribution in [0.3, 0.4) is 0 Å². The van der Waals surface area contributed by atoms with Gasteiger partial charge in [-0.25, -0.2) is 4.79 Å². The molecule has 0 heterocycles. The summed E-state index contributed by atoms with van der Waals surface area (Å²) in [5.74, 6) is 0.125. The fourth-order valence-corrected chi connectivity index (χ4v) is 6.60. The van der Waals surface area contributed by atoms with Gasteiger partial charge in [-0.05, 0) is 80.0 Å². The van der Waals surface area contributed by atoms with Crippen molar-refractivity contribution in [2.45, 2.75) is 149 Å². The monoisotopic (exact) mass is 658 g/mol. The Morgan fingerprint density at radius 1 is 0.660 bits per heavy atom. The molecule has 1 atom stereocenters. The zero-order valence-electron chi connectivity index (χ0n) is 29.0. The molecule has 0 aromatic heterocycles. The van der Waals surface area contributed by atoms with Gasteiger partial charge in [-0.2, -0.15) is 13.2 Å². The fourth-order valence-electron chi connectivity index (χ4n) is 6.60. The van der Waals surface area contributed by atoms with Crippen LogP contribution in [0.1, 0.15) is 152 Å². The van der Waals surface area contributed by atoms with Gasteiger partial charge < -0.3 is 9.47 Å². The van der Waals surface area contributed by atoms with E-state index in [2.05, 4.69) is 6.92 Å². The van der Waals surface area contributed by atoms with E-state index >= 15 is 0 Å². The van der Waals surface area contributed by atoms with Crippen molar-refractivity contribution in [3.63, 3.8) is 0 Å². The van der Waals surface area contributed by atoms with Crippen molar-refractivity contribution in [1.82, 2.24) is 0 Å². The van der Waals surface area contributed by atoms with E-state index in [1.807, 2.05) is 19.1 Å². The largest absolute Gasteiger partial charge is 0.426 e. The van der Waals surface area contributed by atoms with Crippen LogP contribution in [-0.2, 0) is 11.2 Å². The van der Waals surface area contributed by atoms with E-state index in [4.69, 9.17) is 9.47 Å². The summed E-state index contributed by atoms with van der Waals surface area (Å²) < 4.78 is 52.1. The Bertz CT molecular complexity index is 1180. The van der Waals surface area contributed by atoms with E-state index in [-0.39, 0.29) is 24.2 Å². The van der Waals surface area contributed by atoms with Gasteiger partial charge in [0, 0.05) is 0 Å². The Hall–Kier alpha value is -2.83. The molecule has 4 nitrogen and oxygen atoms in total. The predicted molar refractivity (Wildman–Crippen MR) is 183 cm³/mol. The lowest BCUT2D eigenvalue weighted by atomic mass is 9.77. The second-order valence-electron chi connectivity index (χ2n) is 13.9. The Morgan fingerprint density at radius 3 is 1.72 bits per heavy atom. The van der Waals surface area contributed by atoms with Crippen molar-refractivity contribution in [3.05, 3.63) is 59.7 Å². The van der Waals surface area contributed by atoms with Crippen LogP contribution < -0.4 is 9.47 Å². The molecule has 0 spiro atoms. The van der Waals surface area contributed by atoms with Crippen LogP contribution in [0, 0.1) is 17.3 Å². The second-order valence-corrected chi connectivity index (χ2v) is 13.9. The molecule has 2 aromatic rings. The van der Waals surface area contributed by atoms with Crippen LogP contribution in [0.25, 0.3) is 0 Å². The number of aryl methyl sites for hydroxylation is 1. The zero-order valence-corrected chi connectivity index (χ0v) is 29.0. The molecule has 1 saturated carbocycles. The molecule has 262 valence electrons. The van der Waals surface area contributed by atoms with Gasteiger partial charge in [-0.3, -0.25) is 4.79 Å². The molecule has 0 radical (unpaired) electrons. The Morgan fingerprint density at radius 2 is 1.15 bits per heavy atom. The lowest BCUT2D eigenvalue weighted by Crippen LogP contribution is -2.45. The minimum absolute atomic E-state index is 0.0541. The van der Waals surface area contributed by atoms with Gasteiger partial charge >= 0.3 is 18.1 Å². The first-order valence-corrected chi connectivity index (χ1v) is 18.3. The van der Waals surface area contributed by atoms with Gasteiger partial charge in [-0.1, -0.05) is 129 Å². The molecule has 1 aliphatic rings. The van der Waals surface area contributed by atoms with Gasteiger partial charge in [0.05, 0.1) is 5.56 Å². The molecular weight excluding hydrogens is 601 g/mol. The summed E-state index contributed by atoms with van der Waals surface area (Å²) in [6, 6.07) is 13.0. The van der Waals surface area contributed by atoms with Crippen molar-refractivity contribution in [2.75, 3.05) is 0 Å². The molecule has 1 aliphatic carbocycles. The van der Waals surface area contributed by atoms with Crippen molar-refractivity contribution in [1.29, 1.82) is 0 Å². The molecule has 47 heavy (non-hydrogen) atoms. The molecule has 0 amide bonds. The quantitative estimate of drug-likeness (QED) is 0.0807. The number of esters is 2. The highest BCUT2D eigenvalue weighted by Crippen LogP contribution is 2.43. The molecule has 0 saturated heterocycles. The SMILES string of the molecule is CCCCCCCCC[C@H]1CC[C@H](CCc2ccc(OC(=O)c3ccc(OC(=O)C(C)(CCCCCC)C(F)(F)F)cc3)cc2)CC1. The summed E-state index contributed by atoms with van der Waals surface area (Å²) in [5, 5.41) is 0. The number of unbranched alkanes of at least 4 members (excludes halogenated alkanes) is 9. The smallest absolute Gasteiger partial charge is 0.404 e. The van der Waals surface area contributed by atoms with Crippen molar-refractivity contribution in [2.24, 2.45) is 17.3 Å². The predicted octanol–water partition coefficient (Wildman–Crippen LogP) is 12.2. The van der Waals surface area contributed by atoms with Crippen molar-refractivity contribution >= 4 is 11.9 Å². The first-order chi connectivity index (χ1) is 22.6. The van der Waals surface area contributed by atoms with Crippen molar-refractivity contribution in [3.8, 4) is 11.5 Å². The maximum Gasteiger partial charge on any atom is 0.404 e. The van der Waals surface area contributed by atoms with E-state index in [1.165, 1.54) is 113 Å². The summed E-state index contributed by atoms with van der Waals surface area (Å²) in [5.41, 5.74) is -1.18. The van der Waals surface area contributed by atoms with Crippen LogP contribution in [0.4, 0.5) is 13.2 Å². The molecule has 7 heteroatoms. The van der Waals surface area contributed by atoms with Gasteiger partial charge in [0.1, 0.15) is 11.5 Å². The van der Waals surface area contributed by atoms with E-state index in [9.17, 15) is 22.8 Å². The number of ether oxygens (including phenoxy) is 2. The second kappa shape index (κ2) is 19.9. The van der Waals surface area contributed by atoms with Gasteiger partial charge in [0.15, 0.2) is 5.41 Å². The lowest BCUT2D eigenvalue weighted by molar-refractivity contribution is -0.226. The summed E-state index contributed by atoms with van der Waals surface area (Å²) in [6.07, 6.45) is 16.2. The average Bonchev–Trinajstić information content (AvgIpc) is 3.06. The highest BCUT2D eigenvalue weighted by atomic mass is 19.4. The van der Waals surface area contributed by atoms with Crippen LogP contribution in [0.15, 0.2) is 48.5 Å². The molecule has 3 rings (SSSR count). The molecule has 2 aromatic carbocycles. The number of halogens is 3. The third kappa shape index (κ3) is 12.9. The topological polar surface area (TPSA) is 52.6 Å². The summed E-state index contributed by atoms with van der Waals surface area (Å²) in [6.45, 7) is 5.13. The van der Waals surface area contributed by atoms with Crippen molar-refractivity contribution < 1.29 is 32.2 Å². The third-order valence-electron chi connectivity index (χ3n) is 10.1. The van der Waals surface area contributed by atoms with E-state index < -0.39 is 23.5 Å². The van der Waals surface area contributed by atoms with E-state index in [0.717, 1.165) is 38.0 Å². The van der Waals surface area contributed by atoms with Crippen LogP contribution in [0.2, 0.25) is 0 Å². The molecule has 0 aliphatic heterocycles. The Balaban J connectivity index is 1.39. The van der Waals surface area contributed by atoms with Crippen LogP contribution in [-0.4, -0.2) is 18.1 Å². The summed E-state index contributed by atoms with van der Waals surface area (Å²) in [7, 11) is 0. The van der Waals surface area contributed by atoms with Crippen LogP contribution in [0.5, 0.6) is 11.5 Å². The standard InChI is InChI=1S/C40H57F3O4/c1-4-6-8-10-11-12-13-15-31-16-18-32(19-17-31)20-21-33-22-26-35(27-23-33)46-37(44)34-24-28-36(29-25-34)47-38(45)39(3,40(41,42)43)30-14-9-7-5-2/h22-29,31-32H,4-21,30H2,1-3H3/t31-,32-,39?. The lowest BCUT2D eigenvalue weighted by Gasteiger charge is -2.29. The first-order valence-electron chi connectivity index (χ1n) is 18.3. The Kier molecular flexibility index (Phi) is 16.3. The zero-order chi connectivity index (χ0) is 34.1. The number of carbonyl (C=O) groups is 2. The van der Waals surface area contributed by atoms with Gasteiger partial charge in [0.2, 0.25) is 0 Å². The molecular formula is C40H57F3O4. The molecule has 1 unspecified atom stereocenters. The number of rotatable bonds is 20. The van der Waals surface area contributed by atoms with Gasteiger partial charge in [-0.15, -0.1) is 0 Å².